The van der Waals surface area contributed by atoms with Gasteiger partial charge in [-0.05, 0) is 30.4 Å². The average Bonchev–Trinajstić information content (AvgIpc) is 3.39. The number of carboxylic acid groups (broad SMARTS) is 1. The molecule has 4 atom stereocenters. The van der Waals surface area contributed by atoms with Crippen molar-refractivity contribution in [2.45, 2.75) is 37.1 Å². The molecular weight excluding hydrogens is 344 g/mol. The Morgan fingerprint density at radius 1 is 1.28 bits per heavy atom. The number of Topliss-reactive ketones (excluding diaryl/α,β-unsaturated/α-hetero) is 1. The maximum atomic E-state index is 12.6. The number of nitrogens with two attached hydrogens (primary N) is 1. The van der Waals surface area contributed by atoms with E-state index in [9.17, 15) is 14.4 Å². The van der Waals surface area contributed by atoms with Gasteiger partial charge in [-0.25, -0.2) is 4.79 Å². The van der Waals surface area contributed by atoms with E-state index < -0.39 is 36.2 Å². The van der Waals surface area contributed by atoms with Gasteiger partial charge in [0.15, 0.2) is 18.0 Å². The SMILES string of the molecule is CSCCC(NC(=O)[C@H]1O[C@@H]1C(=O)O)C(=O)[C@@H](N)Cc1ccccc1. The minimum Gasteiger partial charge on any atom is -0.479 e. The van der Waals surface area contributed by atoms with Gasteiger partial charge in [-0.1, -0.05) is 30.3 Å². The van der Waals surface area contributed by atoms with E-state index in [-0.39, 0.29) is 5.78 Å². The number of carbonyl (C=O) groups is 3. The molecule has 0 aliphatic carbocycles. The van der Waals surface area contributed by atoms with Gasteiger partial charge in [-0.3, -0.25) is 9.59 Å². The highest BCUT2D eigenvalue weighted by atomic mass is 32.2. The molecule has 0 aromatic heterocycles. The minimum absolute atomic E-state index is 0.265. The summed E-state index contributed by atoms with van der Waals surface area (Å²) in [6.45, 7) is 0. The molecule has 1 aromatic carbocycles. The standard InChI is InChI=1S/C17H22N2O5S/c1-25-8-7-12(19-16(21)14-15(24-14)17(22)23)13(20)11(18)9-10-5-3-2-4-6-10/h2-6,11-12,14-15H,7-9,18H2,1H3,(H,19,21)(H,22,23)/t11-,12?,14-,15-/m0/s1. The number of nitrogens with one attached hydrogen (secondary N) is 1. The van der Waals surface area contributed by atoms with Gasteiger partial charge in [0.25, 0.3) is 5.91 Å². The molecule has 1 heterocycles. The largest absolute Gasteiger partial charge is 0.479 e. The third-order valence-electron chi connectivity index (χ3n) is 3.93. The number of ketones is 1. The number of epoxide rings is 1. The molecule has 25 heavy (non-hydrogen) atoms. The molecule has 0 saturated carbocycles. The summed E-state index contributed by atoms with van der Waals surface area (Å²) in [5, 5.41) is 11.4. The molecule has 1 amide bonds. The van der Waals surface area contributed by atoms with E-state index in [4.69, 9.17) is 15.6 Å². The Kier molecular flexibility index (Phi) is 6.98. The Balaban J connectivity index is 1.96. The molecule has 1 aromatic rings. The first-order chi connectivity index (χ1) is 11.9. The number of carboxylic acids is 1. The monoisotopic (exact) mass is 366 g/mol. The molecule has 0 spiro atoms. The van der Waals surface area contributed by atoms with Crippen LogP contribution in [0, 0.1) is 0 Å². The average molecular weight is 366 g/mol. The maximum absolute atomic E-state index is 12.6. The second-order valence-corrected chi connectivity index (χ2v) is 6.84. The van der Waals surface area contributed by atoms with E-state index in [0.29, 0.717) is 18.6 Å². The van der Waals surface area contributed by atoms with Crippen LogP contribution in [0.3, 0.4) is 0 Å². The second kappa shape index (κ2) is 8.98. The number of benzene rings is 1. The molecule has 2 rings (SSSR count). The second-order valence-electron chi connectivity index (χ2n) is 5.86. The first kappa shape index (κ1) is 19.4. The number of hydrogen-bond donors (Lipinski definition) is 3. The van der Waals surface area contributed by atoms with Crippen LogP contribution in [-0.4, -0.2) is 59.1 Å². The van der Waals surface area contributed by atoms with E-state index in [2.05, 4.69) is 5.32 Å². The van der Waals surface area contributed by atoms with Crippen LogP contribution in [0.2, 0.25) is 0 Å². The Hall–Kier alpha value is -1.90. The van der Waals surface area contributed by atoms with Crippen molar-refractivity contribution < 1.29 is 24.2 Å². The first-order valence-electron chi connectivity index (χ1n) is 7.95. The molecule has 0 radical (unpaired) electrons. The Morgan fingerprint density at radius 2 is 1.96 bits per heavy atom. The lowest BCUT2D eigenvalue weighted by molar-refractivity contribution is -0.138. The van der Waals surface area contributed by atoms with Crippen LogP contribution in [0.25, 0.3) is 0 Å². The lowest BCUT2D eigenvalue weighted by atomic mass is 9.97. The summed E-state index contributed by atoms with van der Waals surface area (Å²) in [6, 6.07) is 7.90. The van der Waals surface area contributed by atoms with Crippen LogP contribution in [0.5, 0.6) is 0 Å². The number of carbonyl (C=O) groups excluding carboxylic acids is 2. The fraction of sp³-hybridized carbons (Fsp3) is 0.471. The number of hydrogen-bond acceptors (Lipinski definition) is 6. The maximum Gasteiger partial charge on any atom is 0.336 e. The van der Waals surface area contributed by atoms with E-state index in [1.165, 1.54) is 0 Å². The van der Waals surface area contributed by atoms with E-state index in [1.807, 2.05) is 36.6 Å². The lowest BCUT2D eigenvalue weighted by Crippen LogP contribution is -2.50. The molecule has 0 bridgehead atoms. The Bertz CT molecular complexity index is 625. The van der Waals surface area contributed by atoms with Crippen molar-refractivity contribution in [3.63, 3.8) is 0 Å². The van der Waals surface area contributed by atoms with Gasteiger partial charge in [0, 0.05) is 0 Å². The van der Waals surface area contributed by atoms with Gasteiger partial charge in [0.05, 0.1) is 12.1 Å². The molecule has 1 aliphatic rings. The van der Waals surface area contributed by atoms with Crippen molar-refractivity contribution in [3.8, 4) is 0 Å². The summed E-state index contributed by atoms with van der Waals surface area (Å²) in [5.41, 5.74) is 6.97. The van der Waals surface area contributed by atoms with Crippen LogP contribution in [0.1, 0.15) is 12.0 Å². The first-order valence-corrected chi connectivity index (χ1v) is 9.34. The molecule has 8 heteroatoms. The number of ether oxygens (including phenoxy) is 1. The fourth-order valence-electron chi connectivity index (χ4n) is 2.50. The molecule has 1 unspecified atom stereocenters. The van der Waals surface area contributed by atoms with Gasteiger partial charge in [-0.2, -0.15) is 11.8 Å². The highest BCUT2D eigenvalue weighted by Gasteiger charge is 2.51. The van der Waals surface area contributed by atoms with Crippen molar-refractivity contribution in [3.05, 3.63) is 35.9 Å². The lowest BCUT2D eigenvalue weighted by Gasteiger charge is -2.21. The minimum atomic E-state index is -1.19. The number of rotatable bonds is 10. The molecule has 4 N–H and O–H groups in total. The third kappa shape index (κ3) is 5.55. The normalized spacial score (nSPS) is 21.2. The van der Waals surface area contributed by atoms with E-state index >= 15 is 0 Å². The summed E-state index contributed by atoms with van der Waals surface area (Å²) in [6.07, 6.45) is 0.543. The number of amides is 1. The van der Waals surface area contributed by atoms with E-state index in [0.717, 1.165) is 5.56 Å². The van der Waals surface area contributed by atoms with Crippen LogP contribution >= 0.6 is 11.8 Å². The van der Waals surface area contributed by atoms with Crippen molar-refractivity contribution in [1.82, 2.24) is 5.32 Å². The highest BCUT2D eigenvalue weighted by molar-refractivity contribution is 7.98. The van der Waals surface area contributed by atoms with Gasteiger partial charge >= 0.3 is 5.97 Å². The predicted molar refractivity (Wildman–Crippen MR) is 94.4 cm³/mol. The molecular formula is C17H22N2O5S. The van der Waals surface area contributed by atoms with Gasteiger partial charge in [0.2, 0.25) is 0 Å². The van der Waals surface area contributed by atoms with Crippen LogP contribution in [0.15, 0.2) is 30.3 Å². The van der Waals surface area contributed by atoms with Crippen LogP contribution < -0.4 is 11.1 Å². The highest BCUT2D eigenvalue weighted by Crippen LogP contribution is 2.22. The zero-order valence-corrected chi connectivity index (χ0v) is 14.7. The van der Waals surface area contributed by atoms with Crippen molar-refractivity contribution >= 4 is 29.4 Å². The van der Waals surface area contributed by atoms with Gasteiger partial charge < -0.3 is 20.9 Å². The number of aliphatic carboxylic acids is 1. The molecule has 1 saturated heterocycles. The third-order valence-corrected chi connectivity index (χ3v) is 4.57. The fourth-order valence-corrected chi connectivity index (χ4v) is 2.97. The summed E-state index contributed by atoms with van der Waals surface area (Å²) in [7, 11) is 0. The Morgan fingerprint density at radius 3 is 2.52 bits per heavy atom. The number of thioether (sulfide) groups is 1. The molecule has 1 fully saturated rings. The predicted octanol–water partition coefficient (Wildman–Crippen LogP) is 0.215. The van der Waals surface area contributed by atoms with Crippen molar-refractivity contribution in [2.75, 3.05) is 12.0 Å². The summed E-state index contributed by atoms with van der Waals surface area (Å²) >= 11 is 1.55. The van der Waals surface area contributed by atoms with Crippen molar-refractivity contribution in [1.29, 1.82) is 0 Å². The zero-order valence-electron chi connectivity index (χ0n) is 13.9. The van der Waals surface area contributed by atoms with Crippen LogP contribution in [0.4, 0.5) is 0 Å². The summed E-state index contributed by atoms with van der Waals surface area (Å²) in [5.74, 6) is -1.37. The summed E-state index contributed by atoms with van der Waals surface area (Å²) in [4.78, 5) is 35.5. The van der Waals surface area contributed by atoms with Crippen molar-refractivity contribution in [2.24, 2.45) is 5.73 Å². The van der Waals surface area contributed by atoms with Crippen LogP contribution in [-0.2, 0) is 25.5 Å². The van der Waals surface area contributed by atoms with Gasteiger partial charge in [0.1, 0.15) is 0 Å². The summed E-state index contributed by atoms with van der Waals surface area (Å²) < 4.78 is 4.82. The smallest absolute Gasteiger partial charge is 0.336 e. The van der Waals surface area contributed by atoms with Gasteiger partial charge in [-0.15, -0.1) is 0 Å². The molecule has 7 nitrogen and oxygen atoms in total. The molecule has 1 aliphatic heterocycles. The van der Waals surface area contributed by atoms with E-state index in [1.54, 1.807) is 11.8 Å². The molecule has 136 valence electrons. The quantitative estimate of drug-likeness (QED) is 0.506. The zero-order chi connectivity index (χ0) is 18.4. The Labute approximate surface area is 150 Å². The topological polar surface area (TPSA) is 122 Å².